The molecule has 3 aliphatic rings. The van der Waals surface area contributed by atoms with Crippen molar-refractivity contribution in [2.45, 2.75) is 18.9 Å². The number of nitrogens with zero attached hydrogens (tertiary/aromatic N) is 1. The summed E-state index contributed by atoms with van der Waals surface area (Å²) in [5.74, 6) is 0.801. The van der Waals surface area contributed by atoms with Crippen LogP contribution in [0.5, 0.6) is 0 Å². The summed E-state index contributed by atoms with van der Waals surface area (Å²) in [4.78, 5) is 21.6. The lowest BCUT2D eigenvalue weighted by molar-refractivity contribution is -0.134. The second kappa shape index (κ2) is 8.35. The quantitative estimate of drug-likeness (QED) is 0.574. The molecule has 3 saturated heterocycles. The van der Waals surface area contributed by atoms with Gasteiger partial charge in [0.05, 0.1) is 6.10 Å². The van der Waals surface area contributed by atoms with Crippen LogP contribution in [0.2, 0.25) is 0 Å². The molecule has 3 aliphatic heterocycles. The van der Waals surface area contributed by atoms with Crippen LogP contribution in [-0.4, -0.2) is 59.4 Å². The van der Waals surface area contributed by atoms with E-state index in [0.717, 1.165) is 12.5 Å². The highest BCUT2D eigenvalue weighted by Gasteiger charge is 2.34. The standard InChI is InChI=1S/C10H15NO.C4H4O4/c1-2-7-12-10-8-11-5-3-9(10)4-6-11;5-3(6)1-2-4(7)8/h1,9-10H,3-8H2;1-2H,(H,5,6)(H,7,8)/b;2-1+. The van der Waals surface area contributed by atoms with Crippen molar-refractivity contribution in [3.8, 4) is 12.3 Å². The average Bonchev–Trinajstić information content (AvgIpc) is 2.45. The number of carbonyl (C=O) groups is 2. The Labute approximate surface area is 118 Å². The summed E-state index contributed by atoms with van der Waals surface area (Å²) in [6.45, 7) is 4.11. The number of hydrogen-bond donors (Lipinski definition) is 2. The number of piperidine rings is 3. The Morgan fingerprint density at radius 1 is 1.25 bits per heavy atom. The highest BCUT2D eigenvalue weighted by Crippen LogP contribution is 2.29. The molecule has 0 aromatic carbocycles. The van der Waals surface area contributed by atoms with Crippen LogP contribution in [0.3, 0.4) is 0 Å². The number of hydrogen-bond acceptors (Lipinski definition) is 4. The van der Waals surface area contributed by atoms with Crippen LogP contribution in [0.15, 0.2) is 12.2 Å². The van der Waals surface area contributed by atoms with E-state index in [1.807, 2.05) is 0 Å². The summed E-state index contributed by atoms with van der Waals surface area (Å²) < 4.78 is 5.59. The maximum absolute atomic E-state index is 9.55. The summed E-state index contributed by atoms with van der Waals surface area (Å²) in [6.07, 6.45) is 9.29. The molecule has 110 valence electrons. The van der Waals surface area contributed by atoms with Crippen LogP contribution in [0.1, 0.15) is 12.8 Å². The van der Waals surface area contributed by atoms with Gasteiger partial charge in [-0.1, -0.05) is 5.92 Å². The van der Waals surface area contributed by atoms with Crippen LogP contribution in [0.4, 0.5) is 0 Å². The molecule has 0 aromatic heterocycles. The smallest absolute Gasteiger partial charge is 0.328 e. The SMILES string of the molecule is C#CCOC1CN2CCC1CC2.O=C(O)/C=C/C(=O)O. The van der Waals surface area contributed by atoms with Gasteiger partial charge in [0.15, 0.2) is 0 Å². The fourth-order valence-corrected chi connectivity index (χ4v) is 2.40. The molecule has 0 saturated carbocycles. The Kier molecular flexibility index (Phi) is 6.77. The van der Waals surface area contributed by atoms with Crippen molar-refractivity contribution in [2.24, 2.45) is 5.92 Å². The first-order chi connectivity index (χ1) is 9.52. The molecule has 2 bridgehead atoms. The average molecular weight is 281 g/mol. The van der Waals surface area contributed by atoms with Crippen molar-refractivity contribution >= 4 is 11.9 Å². The molecule has 0 aliphatic carbocycles. The van der Waals surface area contributed by atoms with Gasteiger partial charge in [0.1, 0.15) is 6.61 Å². The Hall–Kier alpha value is -1.84. The second-order valence-corrected chi connectivity index (χ2v) is 4.70. The maximum atomic E-state index is 9.55. The van der Waals surface area contributed by atoms with Crippen LogP contribution < -0.4 is 0 Å². The molecular weight excluding hydrogens is 262 g/mol. The third-order valence-corrected chi connectivity index (χ3v) is 3.35. The highest BCUT2D eigenvalue weighted by atomic mass is 16.5. The van der Waals surface area contributed by atoms with Gasteiger partial charge < -0.3 is 19.8 Å². The van der Waals surface area contributed by atoms with E-state index in [1.54, 1.807) is 0 Å². The van der Waals surface area contributed by atoms with Crippen molar-refractivity contribution in [2.75, 3.05) is 26.2 Å². The molecular formula is C14H19NO5. The lowest BCUT2D eigenvalue weighted by Crippen LogP contribution is -2.51. The summed E-state index contributed by atoms with van der Waals surface area (Å²) in [5, 5.41) is 15.6. The van der Waals surface area contributed by atoms with E-state index >= 15 is 0 Å². The third kappa shape index (κ3) is 5.87. The van der Waals surface area contributed by atoms with Gasteiger partial charge in [0, 0.05) is 18.7 Å². The van der Waals surface area contributed by atoms with E-state index in [1.165, 1.54) is 25.9 Å². The zero-order valence-electron chi connectivity index (χ0n) is 11.2. The minimum absolute atomic E-state index is 0.420. The fraction of sp³-hybridized carbons (Fsp3) is 0.571. The Morgan fingerprint density at radius 3 is 2.15 bits per heavy atom. The molecule has 3 rings (SSSR count). The van der Waals surface area contributed by atoms with Crippen LogP contribution in [-0.2, 0) is 14.3 Å². The molecule has 2 N–H and O–H groups in total. The van der Waals surface area contributed by atoms with E-state index in [9.17, 15) is 9.59 Å². The second-order valence-electron chi connectivity index (χ2n) is 4.70. The first-order valence-electron chi connectivity index (χ1n) is 6.44. The molecule has 0 spiro atoms. The molecule has 6 heteroatoms. The lowest BCUT2D eigenvalue weighted by Gasteiger charge is -2.44. The molecule has 3 fully saturated rings. The topological polar surface area (TPSA) is 87.1 Å². The summed E-state index contributed by atoms with van der Waals surface area (Å²) in [5.41, 5.74) is 0. The Morgan fingerprint density at radius 2 is 1.80 bits per heavy atom. The first kappa shape index (κ1) is 16.2. The highest BCUT2D eigenvalue weighted by molar-refractivity contribution is 5.89. The van der Waals surface area contributed by atoms with E-state index < -0.39 is 11.9 Å². The van der Waals surface area contributed by atoms with Crippen LogP contribution in [0.25, 0.3) is 0 Å². The maximum Gasteiger partial charge on any atom is 0.328 e. The molecule has 1 unspecified atom stereocenters. The van der Waals surface area contributed by atoms with Gasteiger partial charge in [-0.05, 0) is 31.8 Å². The van der Waals surface area contributed by atoms with E-state index in [0.29, 0.717) is 24.9 Å². The number of carboxylic acid groups (broad SMARTS) is 2. The number of terminal acetylenes is 1. The zero-order valence-corrected chi connectivity index (χ0v) is 11.2. The monoisotopic (exact) mass is 281 g/mol. The van der Waals surface area contributed by atoms with Gasteiger partial charge in [-0.3, -0.25) is 0 Å². The normalized spacial score (nSPS) is 27.4. The van der Waals surface area contributed by atoms with E-state index in [4.69, 9.17) is 21.4 Å². The zero-order chi connectivity index (χ0) is 15.0. The van der Waals surface area contributed by atoms with Crippen molar-refractivity contribution in [1.29, 1.82) is 0 Å². The van der Waals surface area contributed by atoms with Gasteiger partial charge in [0.2, 0.25) is 0 Å². The van der Waals surface area contributed by atoms with E-state index in [-0.39, 0.29) is 0 Å². The summed E-state index contributed by atoms with van der Waals surface area (Å²) in [6, 6.07) is 0. The summed E-state index contributed by atoms with van der Waals surface area (Å²) >= 11 is 0. The number of aliphatic carboxylic acids is 2. The molecule has 6 nitrogen and oxygen atoms in total. The Bertz CT molecular complexity index is 388. The minimum Gasteiger partial charge on any atom is -0.478 e. The molecule has 0 aromatic rings. The molecule has 0 radical (unpaired) electrons. The van der Waals surface area contributed by atoms with E-state index in [2.05, 4.69) is 10.8 Å². The van der Waals surface area contributed by atoms with Crippen LogP contribution in [0, 0.1) is 18.3 Å². The molecule has 0 amide bonds. The predicted molar refractivity (Wildman–Crippen MR) is 72.1 cm³/mol. The van der Waals surface area contributed by atoms with Gasteiger partial charge in [0.25, 0.3) is 0 Å². The largest absolute Gasteiger partial charge is 0.478 e. The van der Waals surface area contributed by atoms with Gasteiger partial charge in [-0.15, -0.1) is 6.42 Å². The number of rotatable bonds is 4. The minimum atomic E-state index is -1.26. The van der Waals surface area contributed by atoms with Crippen molar-refractivity contribution in [3.05, 3.63) is 12.2 Å². The van der Waals surface area contributed by atoms with Gasteiger partial charge in [-0.25, -0.2) is 9.59 Å². The number of fused-ring (bicyclic) bond motifs is 3. The lowest BCUT2D eigenvalue weighted by atomic mass is 9.86. The molecule has 20 heavy (non-hydrogen) atoms. The fourth-order valence-electron chi connectivity index (χ4n) is 2.40. The molecule has 1 atom stereocenters. The van der Waals surface area contributed by atoms with Gasteiger partial charge in [-0.2, -0.15) is 0 Å². The van der Waals surface area contributed by atoms with Gasteiger partial charge >= 0.3 is 11.9 Å². The Balaban J connectivity index is 0.000000221. The van der Waals surface area contributed by atoms with Crippen molar-refractivity contribution in [1.82, 2.24) is 4.90 Å². The third-order valence-electron chi connectivity index (χ3n) is 3.35. The number of carboxylic acids is 2. The summed E-state index contributed by atoms with van der Waals surface area (Å²) in [7, 11) is 0. The van der Waals surface area contributed by atoms with Crippen molar-refractivity contribution < 1.29 is 24.5 Å². The predicted octanol–water partition coefficient (Wildman–Crippen LogP) is 0.442. The van der Waals surface area contributed by atoms with Crippen molar-refractivity contribution in [3.63, 3.8) is 0 Å². The molecule has 3 heterocycles. The first-order valence-corrected chi connectivity index (χ1v) is 6.44. The number of ether oxygens (including phenoxy) is 1. The van der Waals surface area contributed by atoms with Crippen LogP contribution >= 0.6 is 0 Å².